The van der Waals surface area contributed by atoms with Crippen molar-refractivity contribution in [1.82, 2.24) is 9.97 Å². The van der Waals surface area contributed by atoms with Crippen LogP contribution >= 0.6 is 0 Å². The molecule has 0 amide bonds. The van der Waals surface area contributed by atoms with Crippen LogP contribution in [0.3, 0.4) is 0 Å². The first-order valence-electron chi connectivity index (χ1n) is 9.95. The average Bonchev–Trinajstić information content (AvgIpc) is 3.16. The smallest absolute Gasteiger partial charge is 0.137 e. The second kappa shape index (κ2) is 8.07. The van der Waals surface area contributed by atoms with Gasteiger partial charge >= 0.3 is 0 Å². The van der Waals surface area contributed by atoms with E-state index in [9.17, 15) is 4.39 Å². The lowest BCUT2D eigenvalue weighted by Gasteiger charge is -2.17. The van der Waals surface area contributed by atoms with Crippen LogP contribution in [0, 0.1) is 5.82 Å². The Morgan fingerprint density at radius 2 is 1.86 bits per heavy atom. The van der Waals surface area contributed by atoms with Crippen molar-refractivity contribution in [3.05, 3.63) is 54.1 Å². The number of nitrogens with zero attached hydrogens (tertiary/aromatic N) is 4. The maximum absolute atomic E-state index is 13.4. The van der Waals surface area contributed by atoms with Crippen LogP contribution in [-0.4, -0.2) is 27.4 Å². The summed E-state index contributed by atoms with van der Waals surface area (Å²) in [5.41, 5.74) is 6.13. The molecule has 0 fully saturated rings. The predicted octanol–water partition coefficient (Wildman–Crippen LogP) is 5.41. The molecule has 5 nitrogen and oxygen atoms in total. The fourth-order valence-electron chi connectivity index (χ4n) is 3.64. The number of nitrogens with one attached hydrogen (secondary N) is 1. The summed E-state index contributed by atoms with van der Waals surface area (Å²) in [6.45, 7) is 6.20. The Morgan fingerprint density at radius 1 is 1.07 bits per heavy atom. The molecule has 0 aliphatic carbocycles. The van der Waals surface area contributed by atoms with Crippen LogP contribution in [0.15, 0.2) is 52.9 Å². The van der Waals surface area contributed by atoms with Crippen molar-refractivity contribution in [2.75, 3.05) is 5.32 Å². The quantitative estimate of drug-likeness (QED) is 0.613. The lowest BCUT2D eigenvalue weighted by molar-refractivity contribution is 0.628. The van der Waals surface area contributed by atoms with E-state index in [4.69, 9.17) is 0 Å². The van der Waals surface area contributed by atoms with E-state index in [1.165, 1.54) is 17.7 Å². The Labute approximate surface area is 169 Å². The summed E-state index contributed by atoms with van der Waals surface area (Å²) in [5.74, 6) is 0.536. The molecule has 2 aromatic carbocycles. The van der Waals surface area contributed by atoms with Gasteiger partial charge in [-0.15, -0.1) is 0 Å². The van der Waals surface area contributed by atoms with Gasteiger partial charge in [0.25, 0.3) is 0 Å². The molecule has 1 aliphatic heterocycles. The molecule has 0 saturated heterocycles. The largest absolute Gasteiger partial charge is 0.362 e. The number of hydrogen-bond acceptors (Lipinski definition) is 5. The maximum atomic E-state index is 13.4. The van der Waals surface area contributed by atoms with Crippen molar-refractivity contribution in [3.8, 4) is 11.1 Å². The van der Waals surface area contributed by atoms with Gasteiger partial charge in [-0.25, -0.2) is 14.4 Å². The van der Waals surface area contributed by atoms with Crippen LogP contribution in [0.2, 0.25) is 0 Å². The minimum Gasteiger partial charge on any atom is -0.362 e. The van der Waals surface area contributed by atoms with Crippen molar-refractivity contribution < 1.29 is 4.39 Å². The van der Waals surface area contributed by atoms with E-state index < -0.39 is 0 Å². The minimum absolute atomic E-state index is 0.0124. The molecule has 0 saturated carbocycles. The van der Waals surface area contributed by atoms with Gasteiger partial charge in [0.1, 0.15) is 18.0 Å². The highest BCUT2D eigenvalue weighted by Gasteiger charge is 2.18. The van der Waals surface area contributed by atoms with Crippen LogP contribution < -0.4 is 5.32 Å². The summed E-state index contributed by atoms with van der Waals surface area (Å²) >= 11 is 0. The summed E-state index contributed by atoms with van der Waals surface area (Å²) in [4.78, 5) is 9.07. The van der Waals surface area contributed by atoms with Gasteiger partial charge in [-0.3, -0.25) is 0 Å². The fraction of sp³-hybridized carbons (Fsp3) is 0.304. The lowest BCUT2D eigenvalue weighted by atomic mass is 9.97. The van der Waals surface area contributed by atoms with Gasteiger partial charge in [-0.2, -0.15) is 10.2 Å². The molecule has 1 aliphatic rings. The van der Waals surface area contributed by atoms with Crippen molar-refractivity contribution in [2.45, 2.75) is 46.1 Å². The van der Waals surface area contributed by atoms with Crippen LogP contribution in [-0.2, 0) is 6.42 Å². The number of halogens is 1. The molecule has 1 aromatic heterocycles. The molecular weight excluding hydrogens is 365 g/mol. The van der Waals surface area contributed by atoms with Crippen molar-refractivity contribution in [1.29, 1.82) is 0 Å². The molecule has 29 heavy (non-hydrogen) atoms. The Kier molecular flexibility index (Phi) is 5.34. The first kappa shape index (κ1) is 19.2. The molecule has 1 atom stereocenters. The summed E-state index contributed by atoms with van der Waals surface area (Å²) in [6.07, 6.45) is 4.31. The standard InChI is InChI=1S/C23H24FN5/c1-4-5-17-11-18(16-6-8-19(24)9-7-16)12-20-22(17)25-13-26-23(20)27-15(3)21-10-14(2)28-29-21/h6-9,11-13,15H,4-5,10H2,1-3H3,(H,25,26,27). The summed E-state index contributed by atoms with van der Waals surface area (Å²) in [7, 11) is 0. The molecule has 0 bridgehead atoms. The van der Waals surface area contributed by atoms with Gasteiger partial charge in [-0.1, -0.05) is 25.5 Å². The Morgan fingerprint density at radius 3 is 2.55 bits per heavy atom. The molecule has 1 N–H and O–H groups in total. The van der Waals surface area contributed by atoms with Crippen LogP contribution in [0.1, 0.15) is 39.2 Å². The van der Waals surface area contributed by atoms with Gasteiger partial charge in [-0.05, 0) is 61.2 Å². The topological polar surface area (TPSA) is 62.5 Å². The number of fused-ring (bicyclic) bond motifs is 1. The summed E-state index contributed by atoms with van der Waals surface area (Å²) in [5, 5.41) is 12.9. The third-order valence-corrected chi connectivity index (χ3v) is 5.15. The first-order chi connectivity index (χ1) is 14.0. The Hall–Kier alpha value is -3.15. The highest BCUT2D eigenvalue weighted by molar-refractivity contribution is 6.09. The van der Waals surface area contributed by atoms with Gasteiger partial charge in [0.2, 0.25) is 0 Å². The highest BCUT2D eigenvalue weighted by Crippen LogP contribution is 2.31. The van der Waals surface area contributed by atoms with Gasteiger partial charge in [0, 0.05) is 17.5 Å². The maximum Gasteiger partial charge on any atom is 0.137 e. The predicted molar refractivity (Wildman–Crippen MR) is 117 cm³/mol. The van der Waals surface area contributed by atoms with E-state index in [1.54, 1.807) is 18.5 Å². The molecule has 148 valence electrons. The van der Waals surface area contributed by atoms with E-state index in [0.717, 1.165) is 58.5 Å². The van der Waals surface area contributed by atoms with Crippen molar-refractivity contribution in [3.63, 3.8) is 0 Å². The molecule has 0 spiro atoms. The van der Waals surface area contributed by atoms with E-state index in [-0.39, 0.29) is 11.9 Å². The average molecular weight is 389 g/mol. The molecular formula is C23H24FN5. The summed E-state index contributed by atoms with van der Waals surface area (Å²) < 4.78 is 13.4. The van der Waals surface area contributed by atoms with Crippen LogP contribution in [0.4, 0.5) is 10.2 Å². The molecule has 1 unspecified atom stereocenters. The lowest BCUT2D eigenvalue weighted by Crippen LogP contribution is -2.26. The zero-order valence-corrected chi connectivity index (χ0v) is 16.9. The second-order valence-corrected chi connectivity index (χ2v) is 7.48. The molecule has 4 rings (SSSR count). The van der Waals surface area contributed by atoms with E-state index in [1.807, 2.05) is 6.92 Å². The van der Waals surface area contributed by atoms with Gasteiger partial charge < -0.3 is 5.32 Å². The first-order valence-corrected chi connectivity index (χ1v) is 9.95. The number of aryl methyl sites for hydroxylation is 1. The number of rotatable bonds is 6. The van der Waals surface area contributed by atoms with Crippen molar-refractivity contribution >= 4 is 28.1 Å². The third kappa shape index (κ3) is 4.01. The Balaban J connectivity index is 1.77. The highest BCUT2D eigenvalue weighted by atomic mass is 19.1. The number of anilines is 1. The van der Waals surface area contributed by atoms with Gasteiger partial charge in [0.05, 0.1) is 17.3 Å². The van der Waals surface area contributed by atoms with E-state index >= 15 is 0 Å². The summed E-state index contributed by atoms with van der Waals surface area (Å²) in [6, 6.07) is 10.8. The number of benzene rings is 2. The molecule has 2 heterocycles. The third-order valence-electron chi connectivity index (χ3n) is 5.15. The minimum atomic E-state index is -0.238. The van der Waals surface area contributed by atoms with Gasteiger partial charge in [0.15, 0.2) is 0 Å². The second-order valence-electron chi connectivity index (χ2n) is 7.48. The van der Waals surface area contributed by atoms with E-state index in [2.05, 4.69) is 51.5 Å². The van der Waals surface area contributed by atoms with E-state index in [0.29, 0.717) is 0 Å². The zero-order chi connectivity index (χ0) is 20.4. The zero-order valence-electron chi connectivity index (χ0n) is 16.9. The monoisotopic (exact) mass is 389 g/mol. The SMILES string of the molecule is CCCc1cc(-c2ccc(F)cc2)cc2c(NC(C)C3=NN=C(C)C3)ncnc12. The molecule has 3 aromatic rings. The van der Waals surface area contributed by atoms with Crippen molar-refractivity contribution in [2.24, 2.45) is 10.2 Å². The number of hydrogen-bond donors (Lipinski definition) is 1. The number of aromatic nitrogens is 2. The van der Waals surface area contributed by atoms with Crippen LogP contribution in [0.5, 0.6) is 0 Å². The van der Waals surface area contributed by atoms with Crippen LogP contribution in [0.25, 0.3) is 22.0 Å². The Bertz CT molecular complexity index is 1100. The fourth-order valence-corrected chi connectivity index (χ4v) is 3.64. The molecule has 0 radical (unpaired) electrons. The normalized spacial score (nSPS) is 14.6. The molecule has 6 heteroatoms.